The van der Waals surface area contributed by atoms with Crippen LogP contribution in [0.1, 0.15) is 24.2 Å². The highest BCUT2D eigenvalue weighted by Crippen LogP contribution is 2.26. The molecular weight excluding hydrogens is 404 g/mol. The van der Waals surface area contributed by atoms with Crippen molar-refractivity contribution in [3.63, 3.8) is 0 Å². The van der Waals surface area contributed by atoms with E-state index in [1.165, 1.54) is 17.8 Å². The summed E-state index contributed by atoms with van der Waals surface area (Å²) in [5.74, 6) is -1.22. The van der Waals surface area contributed by atoms with E-state index in [-0.39, 0.29) is 17.7 Å². The molecule has 0 radical (unpaired) electrons. The highest BCUT2D eigenvalue weighted by atomic mass is 32.2. The van der Waals surface area contributed by atoms with Crippen molar-refractivity contribution < 1.29 is 18.3 Å². The fourth-order valence-corrected chi connectivity index (χ4v) is 3.69. The van der Waals surface area contributed by atoms with E-state index >= 15 is 0 Å². The molecule has 0 saturated heterocycles. The predicted molar refractivity (Wildman–Crippen MR) is 118 cm³/mol. The van der Waals surface area contributed by atoms with Gasteiger partial charge in [0.15, 0.2) is 0 Å². The molecule has 0 saturated carbocycles. The van der Waals surface area contributed by atoms with Crippen molar-refractivity contribution in [2.75, 3.05) is 17.7 Å². The summed E-state index contributed by atoms with van der Waals surface area (Å²) in [5, 5.41) is 2.08. The van der Waals surface area contributed by atoms with E-state index in [9.17, 15) is 13.6 Å². The molecule has 0 bridgehead atoms. The van der Waals surface area contributed by atoms with E-state index in [1.807, 2.05) is 60.7 Å². The fourth-order valence-electron chi connectivity index (χ4n) is 2.93. The zero-order valence-electron chi connectivity index (χ0n) is 16.6. The third-order valence-corrected chi connectivity index (χ3v) is 5.62. The lowest BCUT2D eigenvalue weighted by atomic mass is 10.0. The van der Waals surface area contributed by atoms with Crippen LogP contribution < -0.4 is 5.32 Å². The van der Waals surface area contributed by atoms with Gasteiger partial charge in [-0.2, -0.15) is 0 Å². The van der Waals surface area contributed by atoms with Gasteiger partial charge in [-0.3, -0.25) is 4.79 Å². The van der Waals surface area contributed by atoms with Gasteiger partial charge < -0.3 is 10.1 Å². The third-order valence-electron chi connectivity index (χ3n) is 4.50. The standard InChI is InChI=1S/C24H23F2NO2S/c1-17(24(28)27-22-13-12-20(25)16-21(22)26)30-15-14-29-23(18-8-4-2-5-9-18)19-10-6-3-7-11-19/h2-13,16-17,23H,14-15H2,1H3,(H,27,28). The third kappa shape index (κ3) is 6.15. The minimum Gasteiger partial charge on any atom is -0.368 e. The SMILES string of the molecule is CC(SCCOC(c1ccccc1)c1ccccc1)C(=O)Nc1ccc(F)cc1F. The van der Waals surface area contributed by atoms with Gasteiger partial charge in [0.2, 0.25) is 5.91 Å². The van der Waals surface area contributed by atoms with Gasteiger partial charge in [0.05, 0.1) is 17.5 Å². The van der Waals surface area contributed by atoms with E-state index in [0.717, 1.165) is 23.3 Å². The first-order valence-electron chi connectivity index (χ1n) is 9.63. The van der Waals surface area contributed by atoms with Crippen molar-refractivity contribution in [1.82, 2.24) is 0 Å². The number of thioether (sulfide) groups is 1. The summed E-state index contributed by atoms with van der Waals surface area (Å²) in [6.45, 7) is 2.19. The molecule has 156 valence electrons. The lowest BCUT2D eigenvalue weighted by molar-refractivity contribution is -0.115. The van der Waals surface area contributed by atoms with Crippen LogP contribution in [0, 0.1) is 11.6 Å². The van der Waals surface area contributed by atoms with Crippen LogP contribution in [0.4, 0.5) is 14.5 Å². The number of hydrogen-bond donors (Lipinski definition) is 1. The first kappa shape index (κ1) is 22.0. The van der Waals surface area contributed by atoms with Crippen LogP contribution in [0.25, 0.3) is 0 Å². The lowest BCUT2D eigenvalue weighted by Gasteiger charge is -2.19. The highest BCUT2D eigenvalue weighted by Gasteiger charge is 2.17. The number of halogens is 2. The van der Waals surface area contributed by atoms with E-state index in [1.54, 1.807) is 6.92 Å². The van der Waals surface area contributed by atoms with Crippen LogP contribution in [0.5, 0.6) is 0 Å². The maximum atomic E-state index is 13.7. The smallest absolute Gasteiger partial charge is 0.237 e. The van der Waals surface area contributed by atoms with E-state index in [2.05, 4.69) is 5.32 Å². The number of amides is 1. The average Bonchev–Trinajstić information content (AvgIpc) is 2.76. The van der Waals surface area contributed by atoms with Gasteiger partial charge >= 0.3 is 0 Å². The number of rotatable bonds is 9. The molecule has 1 unspecified atom stereocenters. The maximum absolute atomic E-state index is 13.7. The molecule has 0 heterocycles. The Morgan fingerprint density at radius 2 is 1.57 bits per heavy atom. The Labute approximate surface area is 179 Å². The van der Waals surface area contributed by atoms with Gasteiger partial charge in [-0.1, -0.05) is 60.7 Å². The zero-order valence-corrected chi connectivity index (χ0v) is 17.4. The minimum atomic E-state index is -0.794. The monoisotopic (exact) mass is 427 g/mol. The summed E-state index contributed by atoms with van der Waals surface area (Å²) in [4.78, 5) is 12.3. The minimum absolute atomic E-state index is 0.0293. The van der Waals surface area contributed by atoms with Crippen molar-refractivity contribution in [2.45, 2.75) is 18.3 Å². The number of anilines is 1. The Kier molecular flexibility index (Phi) is 7.99. The molecule has 6 heteroatoms. The lowest BCUT2D eigenvalue weighted by Crippen LogP contribution is -2.24. The maximum Gasteiger partial charge on any atom is 0.237 e. The normalized spacial score (nSPS) is 12.0. The largest absolute Gasteiger partial charge is 0.368 e. The summed E-state index contributed by atoms with van der Waals surface area (Å²) >= 11 is 1.41. The molecular formula is C24H23F2NO2S. The molecule has 30 heavy (non-hydrogen) atoms. The summed E-state index contributed by atoms with van der Waals surface area (Å²) < 4.78 is 32.8. The summed E-state index contributed by atoms with van der Waals surface area (Å²) in [6, 6.07) is 23.0. The van der Waals surface area contributed by atoms with E-state index in [0.29, 0.717) is 12.4 Å². The molecule has 0 aliphatic carbocycles. The highest BCUT2D eigenvalue weighted by molar-refractivity contribution is 8.00. The molecule has 3 aromatic carbocycles. The van der Waals surface area contributed by atoms with Crippen LogP contribution in [0.3, 0.4) is 0 Å². The number of benzene rings is 3. The van der Waals surface area contributed by atoms with E-state index in [4.69, 9.17) is 4.74 Å². The first-order valence-corrected chi connectivity index (χ1v) is 10.7. The Balaban J connectivity index is 1.52. The zero-order chi connectivity index (χ0) is 21.3. The summed E-state index contributed by atoms with van der Waals surface area (Å²) in [6.07, 6.45) is -0.189. The van der Waals surface area contributed by atoms with Crippen LogP contribution in [-0.4, -0.2) is 23.5 Å². The Morgan fingerprint density at radius 1 is 0.967 bits per heavy atom. The number of hydrogen-bond acceptors (Lipinski definition) is 3. The number of carbonyl (C=O) groups is 1. The number of ether oxygens (including phenoxy) is 1. The Bertz CT molecular complexity index is 914. The molecule has 1 N–H and O–H groups in total. The van der Waals surface area contributed by atoms with Crippen molar-refractivity contribution in [1.29, 1.82) is 0 Å². The average molecular weight is 428 g/mol. The van der Waals surface area contributed by atoms with Crippen molar-refractivity contribution in [2.24, 2.45) is 0 Å². The topological polar surface area (TPSA) is 38.3 Å². The summed E-state index contributed by atoms with van der Waals surface area (Å²) in [7, 11) is 0. The van der Waals surface area contributed by atoms with Gasteiger partial charge in [-0.15, -0.1) is 11.8 Å². The van der Waals surface area contributed by atoms with Gasteiger partial charge in [-0.25, -0.2) is 8.78 Å². The van der Waals surface area contributed by atoms with Crippen molar-refractivity contribution in [3.05, 3.63) is 102 Å². The Morgan fingerprint density at radius 3 is 2.13 bits per heavy atom. The van der Waals surface area contributed by atoms with Crippen LogP contribution in [0.2, 0.25) is 0 Å². The second kappa shape index (κ2) is 10.9. The van der Waals surface area contributed by atoms with Crippen LogP contribution >= 0.6 is 11.8 Å². The van der Waals surface area contributed by atoms with Gasteiger partial charge in [-0.05, 0) is 30.2 Å². The van der Waals surface area contributed by atoms with Gasteiger partial charge in [0, 0.05) is 11.8 Å². The van der Waals surface area contributed by atoms with Crippen LogP contribution in [-0.2, 0) is 9.53 Å². The van der Waals surface area contributed by atoms with Crippen molar-refractivity contribution >= 4 is 23.4 Å². The molecule has 0 spiro atoms. The number of carbonyl (C=O) groups excluding carboxylic acids is 1. The van der Waals surface area contributed by atoms with Gasteiger partial charge in [0.25, 0.3) is 0 Å². The fraction of sp³-hybridized carbons (Fsp3) is 0.208. The quantitative estimate of drug-likeness (QED) is 0.437. The molecule has 1 amide bonds. The first-order chi connectivity index (χ1) is 14.5. The van der Waals surface area contributed by atoms with Gasteiger partial charge in [0.1, 0.15) is 17.7 Å². The summed E-state index contributed by atoms with van der Waals surface area (Å²) in [5.41, 5.74) is 2.09. The molecule has 3 aromatic rings. The Hall–Kier alpha value is -2.70. The molecule has 3 rings (SSSR count). The van der Waals surface area contributed by atoms with E-state index < -0.39 is 16.9 Å². The molecule has 3 nitrogen and oxygen atoms in total. The molecule has 0 aliphatic heterocycles. The van der Waals surface area contributed by atoms with Crippen LogP contribution in [0.15, 0.2) is 78.9 Å². The predicted octanol–water partition coefficient (Wildman–Crippen LogP) is 5.83. The molecule has 0 aliphatic rings. The second-order valence-electron chi connectivity index (χ2n) is 6.70. The molecule has 1 atom stereocenters. The second-order valence-corrected chi connectivity index (χ2v) is 8.15. The molecule has 0 aromatic heterocycles. The van der Waals surface area contributed by atoms with Crippen molar-refractivity contribution in [3.8, 4) is 0 Å². The number of nitrogens with one attached hydrogen (secondary N) is 1. The molecule has 0 fully saturated rings.